The zero-order chi connectivity index (χ0) is 27.7. The first-order valence-corrected chi connectivity index (χ1v) is 13.4. The second-order valence-electron chi connectivity index (χ2n) is 12.1. The van der Waals surface area contributed by atoms with Crippen LogP contribution in [0.1, 0.15) is 52.0 Å². The van der Waals surface area contributed by atoms with Crippen molar-refractivity contribution in [2.75, 3.05) is 12.3 Å². The molecule has 4 aliphatic carbocycles. The molecular formula is C30H36FNO6. The van der Waals surface area contributed by atoms with Gasteiger partial charge in [0.1, 0.15) is 18.3 Å². The van der Waals surface area contributed by atoms with E-state index in [1.165, 1.54) is 12.2 Å². The van der Waals surface area contributed by atoms with Crippen molar-refractivity contribution in [3.63, 3.8) is 0 Å². The lowest BCUT2D eigenvalue weighted by molar-refractivity contribution is -0.230. The molecule has 0 aromatic heterocycles. The lowest BCUT2D eigenvalue weighted by Gasteiger charge is -2.63. The van der Waals surface area contributed by atoms with Gasteiger partial charge in [0.2, 0.25) is 0 Å². The van der Waals surface area contributed by atoms with Gasteiger partial charge in [0.15, 0.2) is 17.2 Å². The van der Waals surface area contributed by atoms with Crippen molar-refractivity contribution in [2.45, 2.75) is 70.2 Å². The predicted octanol–water partition coefficient (Wildman–Crippen LogP) is 3.27. The fraction of sp³-hybridized carbons (Fsp3) is 0.567. The van der Waals surface area contributed by atoms with Gasteiger partial charge in [-0.2, -0.15) is 0 Å². The van der Waals surface area contributed by atoms with Crippen LogP contribution in [-0.2, 0) is 25.5 Å². The van der Waals surface area contributed by atoms with Gasteiger partial charge in [0, 0.05) is 22.4 Å². The van der Waals surface area contributed by atoms with Crippen LogP contribution in [0.3, 0.4) is 0 Å². The maximum absolute atomic E-state index is 18.1. The number of benzene rings is 1. The lowest BCUT2D eigenvalue weighted by atomic mass is 9.44. The molecule has 1 aromatic carbocycles. The SMILES string of the molecule is C[C@@H]1CC2C3CCC4=CC(=O)C=C[C@]4(C)[C@@]3(F)[C@@H](OC(=O)Cc3ccccc3N)C[C@]2(C)[C@@]1(O)C(=O)CO. The van der Waals surface area contributed by atoms with E-state index in [-0.39, 0.29) is 18.6 Å². The van der Waals surface area contributed by atoms with E-state index in [2.05, 4.69) is 0 Å². The number of ketones is 2. The normalized spacial score (nSPS) is 41.5. The highest BCUT2D eigenvalue weighted by molar-refractivity contribution is 6.01. The van der Waals surface area contributed by atoms with Crippen molar-refractivity contribution >= 4 is 23.2 Å². The zero-order valence-electron chi connectivity index (χ0n) is 22.1. The van der Waals surface area contributed by atoms with Gasteiger partial charge in [-0.25, -0.2) is 4.39 Å². The number of Topliss-reactive ketones (excluding diaryl/α,β-unsaturated/α-hetero) is 1. The summed E-state index contributed by atoms with van der Waals surface area (Å²) in [5.74, 6) is -3.13. The largest absolute Gasteiger partial charge is 0.459 e. The molecule has 4 N–H and O–H groups in total. The molecule has 204 valence electrons. The van der Waals surface area contributed by atoms with Crippen LogP contribution in [0.15, 0.2) is 48.1 Å². The van der Waals surface area contributed by atoms with Gasteiger partial charge in [0.25, 0.3) is 0 Å². The number of para-hydroxylation sites is 1. The lowest BCUT2D eigenvalue weighted by Crippen LogP contribution is -2.70. The van der Waals surface area contributed by atoms with E-state index in [1.54, 1.807) is 51.1 Å². The zero-order valence-corrected chi connectivity index (χ0v) is 22.1. The number of halogens is 1. The summed E-state index contributed by atoms with van der Waals surface area (Å²) in [6, 6.07) is 6.88. The number of esters is 1. The molecule has 0 saturated heterocycles. The number of carbonyl (C=O) groups is 3. The molecule has 8 heteroatoms. The number of hydrogen-bond donors (Lipinski definition) is 3. The van der Waals surface area contributed by atoms with E-state index in [0.717, 1.165) is 0 Å². The predicted molar refractivity (Wildman–Crippen MR) is 138 cm³/mol. The number of carbonyl (C=O) groups excluding carboxylic acids is 3. The summed E-state index contributed by atoms with van der Waals surface area (Å²) in [5.41, 5.74) is 1.36. The van der Waals surface area contributed by atoms with Crippen molar-refractivity contribution in [3.05, 3.63) is 53.6 Å². The number of aliphatic hydroxyl groups excluding tert-OH is 1. The molecule has 1 aromatic rings. The Morgan fingerprint density at radius 2 is 1.92 bits per heavy atom. The van der Waals surface area contributed by atoms with Crippen molar-refractivity contribution in [2.24, 2.45) is 28.6 Å². The first-order valence-electron chi connectivity index (χ1n) is 13.4. The Hall–Kier alpha value is -2.84. The molecule has 2 unspecified atom stereocenters. The van der Waals surface area contributed by atoms with Gasteiger partial charge in [0.05, 0.1) is 6.42 Å². The summed E-state index contributed by atoms with van der Waals surface area (Å²) in [4.78, 5) is 38.5. The van der Waals surface area contributed by atoms with Gasteiger partial charge in [-0.15, -0.1) is 0 Å². The van der Waals surface area contributed by atoms with Crippen molar-refractivity contribution in [1.29, 1.82) is 0 Å². The van der Waals surface area contributed by atoms with Gasteiger partial charge >= 0.3 is 5.97 Å². The molecule has 38 heavy (non-hydrogen) atoms. The summed E-state index contributed by atoms with van der Waals surface area (Å²) in [6.07, 6.45) is 4.15. The van der Waals surface area contributed by atoms with Crippen LogP contribution in [0, 0.1) is 28.6 Å². The topological polar surface area (TPSA) is 127 Å². The Morgan fingerprint density at radius 1 is 1.21 bits per heavy atom. The van der Waals surface area contributed by atoms with Crippen molar-refractivity contribution < 1.29 is 33.7 Å². The number of rotatable bonds is 5. The van der Waals surface area contributed by atoms with Gasteiger partial charge in [-0.05, 0) is 68.2 Å². The van der Waals surface area contributed by atoms with E-state index < -0.39 is 64.3 Å². The maximum atomic E-state index is 18.1. The van der Waals surface area contributed by atoms with E-state index in [4.69, 9.17) is 10.5 Å². The van der Waals surface area contributed by atoms with Crippen LogP contribution in [0.25, 0.3) is 0 Å². The molecule has 0 bridgehead atoms. The summed E-state index contributed by atoms with van der Waals surface area (Å²) >= 11 is 0. The Labute approximate surface area is 221 Å². The average molecular weight is 526 g/mol. The minimum Gasteiger partial charge on any atom is -0.459 e. The number of allylic oxidation sites excluding steroid dienone is 4. The number of nitrogen functional groups attached to an aromatic ring is 1. The van der Waals surface area contributed by atoms with Gasteiger partial charge < -0.3 is 20.7 Å². The van der Waals surface area contributed by atoms with Crippen LogP contribution in [0.4, 0.5) is 10.1 Å². The van der Waals surface area contributed by atoms with Crippen molar-refractivity contribution in [1.82, 2.24) is 0 Å². The summed E-state index contributed by atoms with van der Waals surface area (Å²) in [7, 11) is 0. The summed E-state index contributed by atoms with van der Waals surface area (Å²) in [6.45, 7) is 4.43. The highest BCUT2D eigenvalue weighted by Crippen LogP contribution is 2.71. The fourth-order valence-electron chi connectivity index (χ4n) is 8.40. The van der Waals surface area contributed by atoms with E-state index in [1.807, 2.05) is 0 Å². The van der Waals surface area contributed by atoms with Crippen LogP contribution in [-0.4, -0.2) is 51.7 Å². The highest BCUT2D eigenvalue weighted by atomic mass is 19.1. The number of hydrogen-bond acceptors (Lipinski definition) is 7. The van der Waals surface area contributed by atoms with E-state index in [9.17, 15) is 24.6 Å². The molecule has 4 aliphatic rings. The second kappa shape index (κ2) is 8.85. The van der Waals surface area contributed by atoms with Gasteiger partial charge in [-0.1, -0.05) is 43.7 Å². The third kappa shape index (κ3) is 3.42. The molecule has 0 heterocycles. The number of anilines is 1. The molecule has 3 saturated carbocycles. The molecule has 0 spiro atoms. The Balaban J connectivity index is 1.60. The molecule has 5 rings (SSSR count). The number of alkyl halides is 1. The fourth-order valence-corrected chi connectivity index (χ4v) is 8.40. The Kier molecular flexibility index (Phi) is 6.23. The molecular weight excluding hydrogens is 489 g/mol. The third-order valence-electron chi connectivity index (χ3n) is 10.4. The number of ether oxygens (including phenoxy) is 1. The molecule has 0 aliphatic heterocycles. The van der Waals surface area contributed by atoms with E-state index >= 15 is 4.39 Å². The van der Waals surface area contributed by atoms with Crippen LogP contribution in [0.2, 0.25) is 0 Å². The van der Waals surface area contributed by atoms with Crippen LogP contribution < -0.4 is 5.73 Å². The average Bonchev–Trinajstić information content (AvgIpc) is 3.07. The van der Waals surface area contributed by atoms with Crippen LogP contribution in [0.5, 0.6) is 0 Å². The van der Waals surface area contributed by atoms with Crippen molar-refractivity contribution in [3.8, 4) is 0 Å². The molecule has 8 atom stereocenters. The molecule has 0 radical (unpaired) electrons. The maximum Gasteiger partial charge on any atom is 0.310 e. The Bertz CT molecular complexity index is 1260. The quantitative estimate of drug-likeness (QED) is 0.398. The van der Waals surface area contributed by atoms with E-state index in [0.29, 0.717) is 36.1 Å². The first kappa shape index (κ1) is 26.8. The second-order valence-corrected chi connectivity index (χ2v) is 12.1. The molecule has 0 amide bonds. The summed E-state index contributed by atoms with van der Waals surface area (Å²) < 4.78 is 24.0. The standard InChI is InChI=1S/C30H36FNO6/c1-17-12-22-21-9-8-19-14-20(34)10-11-27(19,2)29(21,31)25(15-28(22,3)30(17,37)24(35)16-33)38-26(36)13-18-6-4-5-7-23(18)32/h4-7,10-11,14,17,21-22,25,33,37H,8-9,12-13,15-16,32H2,1-3H3/t17-,21?,22?,25+,27+,28+,29+,30+/m1/s1. The third-order valence-corrected chi connectivity index (χ3v) is 10.4. The first-order chi connectivity index (χ1) is 17.8. The number of nitrogens with two attached hydrogens (primary N) is 1. The van der Waals surface area contributed by atoms with Crippen LogP contribution >= 0.6 is 0 Å². The monoisotopic (exact) mass is 525 g/mol. The highest BCUT2D eigenvalue weighted by Gasteiger charge is 2.76. The molecule has 7 nitrogen and oxygen atoms in total. The smallest absolute Gasteiger partial charge is 0.310 e. The minimum atomic E-state index is -2.08. The Morgan fingerprint density at radius 3 is 2.61 bits per heavy atom. The minimum absolute atomic E-state index is 0.0993. The molecule has 3 fully saturated rings. The number of fused-ring (bicyclic) bond motifs is 5. The van der Waals surface area contributed by atoms with Gasteiger partial charge in [-0.3, -0.25) is 14.4 Å². The number of aliphatic hydroxyl groups is 2. The summed E-state index contributed by atoms with van der Waals surface area (Å²) in [5, 5.41) is 21.6.